The molecule has 9 nitrogen and oxygen atoms in total. The molecule has 0 spiro atoms. The van der Waals surface area contributed by atoms with Crippen LogP contribution in [-0.2, 0) is 13.2 Å². The van der Waals surface area contributed by atoms with Gasteiger partial charge in [-0.1, -0.05) is 58.9 Å². The summed E-state index contributed by atoms with van der Waals surface area (Å²) >= 11 is 0. The summed E-state index contributed by atoms with van der Waals surface area (Å²) in [6.45, 7) is 1.28. The van der Waals surface area contributed by atoms with Gasteiger partial charge in [0.25, 0.3) is 5.91 Å². The van der Waals surface area contributed by atoms with Gasteiger partial charge in [-0.25, -0.2) is 9.37 Å². The number of halogens is 1. The normalized spacial score (nSPS) is 11.7. The number of nitroso groups, excluding NO2 is 2. The first-order chi connectivity index (χ1) is 17.0. The van der Waals surface area contributed by atoms with Gasteiger partial charge in [0.2, 0.25) is 0 Å². The monoisotopic (exact) mass is 475 g/mol. The molecule has 0 radical (unpaired) electrons. The van der Waals surface area contributed by atoms with Crippen molar-refractivity contribution in [1.29, 1.82) is 0 Å². The Hall–Kier alpha value is -4.47. The average molecular weight is 475 g/mol. The molecular weight excluding hydrogens is 453 g/mol. The topological polar surface area (TPSA) is 114 Å². The van der Waals surface area contributed by atoms with Crippen LogP contribution in [0.25, 0.3) is 5.65 Å². The van der Waals surface area contributed by atoms with Gasteiger partial charge in [-0.3, -0.25) is 9.20 Å². The highest BCUT2D eigenvalue weighted by Crippen LogP contribution is 2.26. The minimum Gasteiger partial charge on any atom is -0.485 e. The van der Waals surface area contributed by atoms with E-state index in [0.717, 1.165) is 5.56 Å². The quantitative estimate of drug-likeness (QED) is 0.329. The summed E-state index contributed by atoms with van der Waals surface area (Å²) < 4.78 is 21.4. The van der Waals surface area contributed by atoms with Gasteiger partial charge in [-0.15, -0.1) is 0 Å². The molecule has 35 heavy (non-hydrogen) atoms. The van der Waals surface area contributed by atoms with Crippen molar-refractivity contribution in [1.82, 2.24) is 14.7 Å². The molecular formula is C25H22FN5O4. The molecule has 4 rings (SSSR count). The highest BCUT2D eigenvalue weighted by atomic mass is 19.1. The van der Waals surface area contributed by atoms with E-state index >= 15 is 0 Å². The second-order valence-electron chi connectivity index (χ2n) is 7.87. The summed E-state index contributed by atoms with van der Waals surface area (Å²) in [5.41, 5.74) is 2.49. The Balaban J connectivity index is 1.70. The van der Waals surface area contributed by atoms with Gasteiger partial charge in [0.1, 0.15) is 31.2 Å². The number of aromatic nitrogens is 2. The number of amides is 1. The number of fused-ring (bicyclic) bond motifs is 1. The van der Waals surface area contributed by atoms with Gasteiger partial charge in [0.05, 0.1) is 11.7 Å². The number of rotatable bonds is 10. The molecule has 0 aliphatic heterocycles. The van der Waals surface area contributed by atoms with Crippen LogP contribution in [-0.4, -0.2) is 21.8 Å². The second kappa shape index (κ2) is 10.6. The van der Waals surface area contributed by atoms with Crippen molar-refractivity contribution < 1.29 is 13.9 Å². The number of pyridine rings is 1. The molecule has 4 aromatic rings. The summed E-state index contributed by atoms with van der Waals surface area (Å²) in [6.07, 6.45) is 1.58. The first kappa shape index (κ1) is 23.7. The molecule has 2 heterocycles. The zero-order valence-corrected chi connectivity index (χ0v) is 18.8. The third kappa shape index (κ3) is 5.21. The predicted molar refractivity (Wildman–Crippen MR) is 127 cm³/mol. The van der Waals surface area contributed by atoms with Crippen LogP contribution < -0.4 is 10.1 Å². The number of imidazole rings is 1. The standard InChI is InChI=1S/C25H22FN5O4/c1-16-23(25(32)30-21(13-28-34)18-7-3-2-4-8-18)31-14-17(12-27-33)11-22(24(31)29-16)35-15-19-9-5-6-10-20(19)26/h2-11,14,21H,12-13,15H2,1H3,(H,30,32)/t21-/m0/s1. The highest BCUT2D eigenvalue weighted by Gasteiger charge is 2.23. The first-order valence-electron chi connectivity index (χ1n) is 10.8. The maximum absolute atomic E-state index is 14.1. The van der Waals surface area contributed by atoms with Gasteiger partial charge in [-0.2, -0.15) is 9.81 Å². The fourth-order valence-corrected chi connectivity index (χ4v) is 3.81. The van der Waals surface area contributed by atoms with Crippen LogP contribution in [0.2, 0.25) is 0 Å². The molecule has 1 amide bonds. The van der Waals surface area contributed by atoms with Gasteiger partial charge in [0.15, 0.2) is 11.4 Å². The van der Waals surface area contributed by atoms with Crippen LogP contribution in [0.3, 0.4) is 0 Å². The van der Waals surface area contributed by atoms with Crippen molar-refractivity contribution in [3.05, 3.63) is 111 Å². The van der Waals surface area contributed by atoms with E-state index in [2.05, 4.69) is 20.7 Å². The molecule has 0 saturated heterocycles. The lowest BCUT2D eigenvalue weighted by atomic mass is 10.1. The molecule has 0 aliphatic carbocycles. The lowest BCUT2D eigenvalue weighted by Crippen LogP contribution is -2.31. The summed E-state index contributed by atoms with van der Waals surface area (Å²) in [4.78, 5) is 39.8. The Bertz CT molecular complexity index is 1370. The van der Waals surface area contributed by atoms with Crippen LogP contribution in [0.5, 0.6) is 5.75 Å². The molecule has 0 unspecified atom stereocenters. The van der Waals surface area contributed by atoms with Crippen molar-refractivity contribution in [2.24, 2.45) is 10.4 Å². The molecule has 1 N–H and O–H groups in total. The van der Waals surface area contributed by atoms with E-state index in [1.807, 2.05) is 6.07 Å². The number of ether oxygens (including phenoxy) is 1. The van der Waals surface area contributed by atoms with E-state index in [9.17, 15) is 19.0 Å². The predicted octanol–water partition coefficient (Wildman–Crippen LogP) is 4.86. The lowest BCUT2D eigenvalue weighted by molar-refractivity contribution is 0.0931. The average Bonchev–Trinajstić information content (AvgIpc) is 3.19. The van der Waals surface area contributed by atoms with Crippen molar-refractivity contribution in [3.8, 4) is 5.75 Å². The van der Waals surface area contributed by atoms with Crippen LogP contribution >= 0.6 is 0 Å². The summed E-state index contributed by atoms with van der Waals surface area (Å²) in [5.74, 6) is -0.626. The van der Waals surface area contributed by atoms with Gasteiger partial charge >= 0.3 is 0 Å². The van der Waals surface area contributed by atoms with E-state index in [1.54, 1.807) is 61.7 Å². The Kier molecular flexibility index (Phi) is 7.20. The van der Waals surface area contributed by atoms with E-state index in [4.69, 9.17) is 4.74 Å². The Morgan fingerprint density at radius 3 is 2.57 bits per heavy atom. The summed E-state index contributed by atoms with van der Waals surface area (Å²) in [6, 6.07) is 16.2. The molecule has 0 saturated carbocycles. The van der Waals surface area contributed by atoms with Gasteiger partial charge < -0.3 is 10.1 Å². The summed E-state index contributed by atoms with van der Waals surface area (Å²) in [5, 5.41) is 8.73. The molecule has 178 valence electrons. The van der Waals surface area contributed by atoms with Crippen molar-refractivity contribution >= 4 is 11.6 Å². The molecule has 1 atom stereocenters. The Morgan fingerprint density at radius 1 is 1.11 bits per heavy atom. The van der Waals surface area contributed by atoms with Crippen LogP contribution in [0.1, 0.15) is 38.9 Å². The Labute approximate surface area is 199 Å². The number of nitrogens with one attached hydrogen (secondary N) is 1. The van der Waals surface area contributed by atoms with E-state index in [0.29, 0.717) is 22.5 Å². The molecule has 0 fully saturated rings. The van der Waals surface area contributed by atoms with E-state index in [1.165, 1.54) is 10.5 Å². The number of carbonyl (C=O) groups excluding carboxylic acids is 1. The van der Waals surface area contributed by atoms with Crippen molar-refractivity contribution in [2.75, 3.05) is 6.54 Å². The molecule has 0 bridgehead atoms. The maximum atomic E-state index is 14.1. The molecule has 10 heteroatoms. The lowest BCUT2D eigenvalue weighted by Gasteiger charge is -2.16. The summed E-state index contributed by atoms with van der Waals surface area (Å²) in [7, 11) is 0. The molecule has 0 aliphatic rings. The minimum atomic E-state index is -0.636. The van der Waals surface area contributed by atoms with E-state index < -0.39 is 17.8 Å². The fraction of sp³-hybridized carbons (Fsp3) is 0.200. The molecule has 2 aromatic heterocycles. The first-order valence-corrected chi connectivity index (χ1v) is 10.8. The Morgan fingerprint density at radius 2 is 1.86 bits per heavy atom. The van der Waals surface area contributed by atoms with Gasteiger partial charge in [-0.05, 0) is 30.2 Å². The van der Waals surface area contributed by atoms with Crippen LogP contribution in [0.15, 0.2) is 77.2 Å². The van der Waals surface area contributed by atoms with Gasteiger partial charge in [0, 0.05) is 11.8 Å². The van der Waals surface area contributed by atoms with Crippen molar-refractivity contribution in [2.45, 2.75) is 26.1 Å². The van der Waals surface area contributed by atoms with Crippen LogP contribution in [0, 0.1) is 22.6 Å². The number of nitrogens with zero attached hydrogens (tertiary/aromatic N) is 4. The number of hydrogen-bond acceptors (Lipinski definition) is 7. The second-order valence-corrected chi connectivity index (χ2v) is 7.87. The zero-order valence-electron chi connectivity index (χ0n) is 18.8. The van der Waals surface area contributed by atoms with Crippen molar-refractivity contribution in [3.63, 3.8) is 0 Å². The smallest absolute Gasteiger partial charge is 0.270 e. The number of hydrogen-bond donors (Lipinski definition) is 1. The minimum absolute atomic E-state index is 0.0746. The largest absolute Gasteiger partial charge is 0.485 e. The fourth-order valence-electron chi connectivity index (χ4n) is 3.81. The third-order valence-corrected chi connectivity index (χ3v) is 5.48. The highest BCUT2D eigenvalue weighted by molar-refractivity contribution is 5.95. The number of benzene rings is 2. The molecule has 2 aromatic carbocycles. The van der Waals surface area contributed by atoms with E-state index in [-0.39, 0.29) is 31.1 Å². The number of carbonyl (C=O) groups is 1. The van der Waals surface area contributed by atoms with Crippen LogP contribution in [0.4, 0.5) is 4.39 Å². The zero-order chi connectivity index (χ0) is 24.8. The third-order valence-electron chi connectivity index (χ3n) is 5.48. The maximum Gasteiger partial charge on any atom is 0.270 e. The number of aryl methyl sites for hydroxylation is 1. The SMILES string of the molecule is Cc1nc2c(OCc3ccccc3F)cc(CN=O)cn2c1C(=O)N[C@@H](CN=O)c1ccccc1.